The first-order valence-electron chi connectivity index (χ1n) is 8.77. The molecule has 2 aromatic carbocycles. The van der Waals surface area contributed by atoms with Crippen molar-refractivity contribution in [2.24, 2.45) is 0 Å². The average molecular weight is 394 g/mol. The number of hydrogen-bond acceptors (Lipinski definition) is 4. The van der Waals surface area contributed by atoms with Crippen molar-refractivity contribution in [1.82, 2.24) is 4.90 Å². The summed E-state index contributed by atoms with van der Waals surface area (Å²) < 4.78 is 50.8. The monoisotopic (exact) mass is 394 g/mol. The lowest BCUT2D eigenvalue weighted by atomic mass is 9.93. The van der Waals surface area contributed by atoms with Crippen LogP contribution in [0.15, 0.2) is 24.3 Å². The summed E-state index contributed by atoms with van der Waals surface area (Å²) in [6.07, 6.45) is 0.701. The molecule has 1 aliphatic heterocycles. The van der Waals surface area contributed by atoms with Crippen molar-refractivity contribution in [3.63, 3.8) is 0 Å². The molecule has 0 spiro atoms. The summed E-state index contributed by atoms with van der Waals surface area (Å²) in [6.45, 7) is 2.54. The second kappa shape index (κ2) is 8.10. The molecule has 0 saturated heterocycles. The van der Waals surface area contributed by atoms with E-state index in [9.17, 15) is 18.0 Å². The van der Waals surface area contributed by atoms with Crippen LogP contribution >= 0.6 is 0 Å². The number of nitrogens with one attached hydrogen (secondary N) is 1. The molecule has 28 heavy (non-hydrogen) atoms. The molecule has 1 heterocycles. The second-order valence-electron chi connectivity index (χ2n) is 6.57. The predicted octanol–water partition coefficient (Wildman–Crippen LogP) is 3.68. The third-order valence-electron chi connectivity index (χ3n) is 4.97. The summed E-state index contributed by atoms with van der Waals surface area (Å²) in [7, 11) is 3.13. The van der Waals surface area contributed by atoms with Gasteiger partial charge < -0.3 is 14.8 Å². The van der Waals surface area contributed by atoms with Gasteiger partial charge in [0, 0.05) is 12.6 Å². The first-order chi connectivity index (χ1) is 13.3. The molecule has 0 aromatic heterocycles. The second-order valence-corrected chi connectivity index (χ2v) is 6.57. The van der Waals surface area contributed by atoms with Gasteiger partial charge in [-0.15, -0.1) is 0 Å². The molecular weight excluding hydrogens is 373 g/mol. The summed E-state index contributed by atoms with van der Waals surface area (Å²) in [6, 6.07) is 5.49. The van der Waals surface area contributed by atoms with Gasteiger partial charge in [-0.05, 0) is 48.7 Å². The zero-order valence-electron chi connectivity index (χ0n) is 15.8. The van der Waals surface area contributed by atoms with Gasteiger partial charge in [-0.3, -0.25) is 9.69 Å². The highest BCUT2D eigenvalue weighted by Gasteiger charge is 2.27. The van der Waals surface area contributed by atoms with Crippen LogP contribution < -0.4 is 14.8 Å². The number of hydrogen-bond donors (Lipinski definition) is 1. The van der Waals surface area contributed by atoms with Crippen LogP contribution in [0.4, 0.5) is 18.9 Å². The van der Waals surface area contributed by atoms with Crippen LogP contribution in [0.2, 0.25) is 0 Å². The van der Waals surface area contributed by atoms with E-state index < -0.39 is 23.4 Å². The van der Waals surface area contributed by atoms with E-state index in [-0.39, 0.29) is 18.3 Å². The zero-order chi connectivity index (χ0) is 20.4. The highest BCUT2D eigenvalue weighted by Crippen LogP contribution is 2.37. The van der Waals surface area contributed by atoms with E-state index in [1.54, 1.807) is 14.2 Å². The van der Waals surface area contributed by atoms with Gasteiger partial charge in [0.2, 0.25) is 5.91 Å². The lowest BCUT2D eigenvalue weighted by molar-refractivity contribution is -0.118. The Morgan fingerprint density at radius 1 is 1.14 bits per heavy atom. The molecule has 1 amide bonds. The average Bonchev–Trinajstić information content (AvgIpc) is 2.69. The van der Waals surface area contributed by atoms with Gasteiger partial charge in [0.25, 0.3) is 0 Å². The summed E-state index contributed by atoms with van der Waals surface area (Å²) in [5.41, 5.74) is 1.73. The van der Waals surface area contributed by atoms with Crippen LogP contribution in [0.1, 0.15) is 24.1 Å². The van der Waals surface area contributed by atoms with Crippen LogP contribution in [0.5, 0.6) is 11.5 Å². The van der Waals surface area contributed by atoms with Crippen molar-refractivity contribution in [1.29, 1.82) is 0 Å². The molecule has 1 N–H and O–H groups in total. The molecule has 0 saturated carbocycles. The lowest BCUT2D eigenvalue weighted by Crippen LogP contribution is -2.39. The van der Waals surface area contributed by atoms with Gasteiger partial charge in [0.05, 0.1) is 26.5 Å². The highest BCUT2D eigenvalue weighted by atomic mass is 19.2. The Hall–Kier alpha value is -2.74. The van der Waals surface area contributed by atoms with Gasteiger partial charge in [0.15, 0.2) is 29.0 Å². The van der Waals surface area contributed by atoms with E-state index in [4.69, 9.17) is 9.47 Å². The number of rotatable bonds is 5. The lowest BCUT2D eigenvalue weighted by Gasteiger charge is -2.35. The SMILES string of the molecule is COc1cc2c(cc1OC)[C@@H](C)N(CC(=O)Nc1ccc(F)c(F)c1F)CC2. The molecule has 1 aliphatic rings. The number of anilines is 1. The molecular formula is C20H21F3N2O3. The molecule has 5 nitrogen and oxygen atoms in total. The minimum absolute atomic E-state index is 0.0204. The molecule has 0 aliphatic carbocycles. The molecule has 2 aromatic rings. The van der Waals surface area contributed by atoms with Crippen molar-refractivity contribution in [2.75, 3.05) is 32.6 Å². The highest BCUT2D eigenvalue weighted by molar-refractivity contribution is 5.92. The number of carbonyl (C=O) groups excluding carboxylic acids is 1. The maximum absolute atomic E-state index is 13.8. The summed E-state index contributed by atoms with van der Waals surface area (Å²) >= 11 is 0. The minimum atomic E-state index is -1.61. The van der Waals surface area contributed by atoms with E-state index in [1.165, 1.54) is 0 Å². The molecule has 3 rings (SSSR count). The first-order valence-corrected chi connectivity index (χ1v) is 8.77. The smallest absolute Gasteiger partial charge is 0.238 e. The van der Waals surface area contributed by atoms with Crippen molar-refractivity contribution >= 4 is 11.6 Å². The third kappa shape index (κ3) is 3.77. The largest absolute Gasteiger partial charge is 0.493 e. The molecule has 8 heteroatoms. The fourth-order valence-electron chi connectivity index (χ4n) is 3.41. The normalized spacial score (nSPS) is 16.4. The van der Waals surface area contributed by atoms with Crippen LogP contribution in [0, 0.1) is 17.5 Å². The van der Waals surface area contributed by atoms with Gasteiger partial charge in [0.1, 0.15) is 0 Å². The topological polar surface area (TPSA) is 50.8 Å². The predicted molar refractivity (Wildman–Crippen MR) is 98.2 cm³/mol. The number of carbonyl (C=O) groups is 1. The number of nitrogens with zero attached hydrogens (tertiary/aromatic N) is 1. The van der Waals surface area contributed by atoms with E-state index in [0.717, 1.165) is 23.3 Å². The quantitative estimate of drug-likeness (QED) is 0.786. The van der Waals surface area contributed by atoms with Crippen molar-refractivity contribution in [2.45, 2.75) is 19.4 Å². The van der Waals surface area contributed by atoms with Gasteiger partial charge in [-0.1, -0.05) is 0 Å². The summed E-state index contributed by atoms with van der Waals surface area (Å²) in [5.74, 6) is -3.60. The Morgan fingerprint density at radius 3 is 2.50 bits per heavy atom. The Kier molecular flexibility index (Phi) is 5.79. The zero-order valence-corrected chi connectivity index (χ0v) is 15.8. The van der Waals surface area contributed by atoms with Crippen molar-refractivity contribution in [3.8, 4) is 11.5 Å². The number of methoxy groups -OCH3 is 2. The van der Waals surface area contributed by atoms with Crippen LogP contribution in [-0.2, 0) is 11.2 Å². The third-order valence-corrected chi connectivity index (χ3v) is 4.97. The number of fused-ring (bicyclic) bond motifs is 1. The fraction of sp³-hybridized carbons (Fsp3) is 0.350. The number of benzene rings is 2. The minimum Gasteiger partial charge on any atom is -0.493 e. The van der Waals surface area contributed by atoms with Gasteiger partial charge in [-0.2, -0.15) is 0 Å². The van der Waals surface area contributed by atoms with Crippen LogP contribution in [0.3, 0.4) is 0 Å². The van der Waals surface area contributed by atoms with E-state index in [2.05, 4.69) is 5.32 Å². The Bertz CT molecular complexity index is 905. The van der Waals surface area contributed by atoms with E-state index >= 15 is 0 Å². The summed E-state index contributed by atoms with van der Waals surface area (Å²) in [5, 5.41) is 2.30. The van der Waals surface area contributed by atoms with Gasteiger partial charge in [-0.25, -0.2) is 13.2 Å². The van der Waals surface area contributed by atoms with E-state index in [1.807, 2.05) is 24.0 Å². The Morgan fingerprint density at radius 2 is 1.82 bits per heavy atom. The molecule has 150 valence electrons. The number of ether oxygens (including phenoxy) is 2. The summed E-state index contributed by atoms with van der Waals surface area (Å²) in [4.78, 5) is 14.2. The maximum Gasteiger partial charge on any atom is 0.238 e. The van der Waals surface area contributed by atoms with Crippen LogP contribution in [-0.4, -0.2) is 38.1 Å². The molecule has 0 bridgehead atoms. The Labute approximate surface area is 161 Å². The molecule has 0 fully saturated rings. The molecule has 0 radical (unpaired) electrons. The van der Waals surface area contributed by atoms with Crippen LogP contribution in [0.25, 0.3) is 0 Å². The van der Waals surface area contributed by atoms with E-state index in [0.29, 0.717) is 24.5 Å². The molecule has 1 atom stereocenters. The number of halogens is 3. The fourth-order valence-corrected chi connectivity index (χ4v) is 3.41. The maximum atomic E-state index is 13.8. The first kappa shape index (κ1) is 20.0. The standard InChI is InChI=1S/C20H21F3N2O3/c1-11-13-9-17(28-3)16(27-2)8-12(13)6-7-25(11)10-18(26)24-15-5-4-14(21)19(22)20(15)23/h4-5,8-9,11H,6-7,10H2,1-3H3,(H,24,26)/t11-/m1/s1. The van der Waals surface area contributed by atoms with Crippen molar-refractivity contribution < 1.29 is 27.4 Å². The van der Waals surface area contributed by atoms with Gasteiger partial charge >= 0.3 is 0 Å². The molecule has 0 unspecified atom stereocenters. The Balaban J connectivity index is 1.74. The number of amides is 1. The van der Waals surface area contributed by atoms with Crippen molar-refractivity contribution in [3.05, 3.63) is 52.8 Å².